The number of benzene rings is 4. The third kappa shape index (κ3) is 9.06. The highest BCUT2D eigenvalue weighted by Gasteiger charge is 2.19. The summed E-state index contributed by atoms with van der Waals surface area (Å²) in [5.41, 5.74) is 3.14. The summed E-state index contributed by atoms with van der Waals surface area (Å²) in [7, 11) is 6.87. The molecule has 0 heterocycles. The van der Waals surface area contributed by atoms with Crippen molar-refractivity contribution in [2.45, 2.75) is 17.1 Å². The molecule has 4 aromatic rings. The van der Waals surface area contributed by atoms with Crippen molar-refractivity contribution in [1.82, 2.24) is 5.32 Å². The van der Waals surface area contributed by atoms with Gasteiger partial charge in [-0.05, 0) is 67.1 Å². The van der Waals surface area contributed by atoms with Gasteiger partial charge in [-0.1, -0.05) is 48.0 Å². The fourth-order valence-electron chi connectivity index (χ4n) is 4.27. The van der Waals surface area contributed by atoms with E-state index in [-0.39, 0.29) is 11.6 Å². The maximum Gasteiger partial charge on any atom is 0.272 e. The van der Waals surface area contributed by atoms with Crippen LogP contribution >= 0.6 is 23.4 Å². The highest BCUT2D eigenvalue weighted by molar-refractivity contribution is 8.00. The molecular formula is C35H35ClN4O5S. The minimum atomic E-state index is -0.512. The van der Waals surface area contributed by atoms with Crippen LogP contribution in [0.3, 0.4) is 0 Å². The smallest absolute Gasteiger partial charge is 0.272 e. The van der Waals surface area contributed by atoms with Crippen molar-refractivity contribution in [1.29, 1.82) is 0 Å². The number of nitrogens with zero attached hydrogens (tertiary/aromatic N) is 1. The number of hydrogen-bond acceptors (Lipinski definition) is 7. The average molecular weight is 659 g/mol. The zero-order valence-electron chi connectivity index (χ0n) is 26.1. The predicted molar refractivity (Wildman–Crippen MR) is 186 cm³/mol. The van der Waals surface area contributed by atoms with Crippen LogP contribution in [-0.2, 0) is 9.59 Å². The molecule has 3 amide bonds. The van der Waals surface area contributed by atoms with E-state index in [4.69, 9.17) is 21.1 Å². The summed E-state index contributed by atoms with van der Waals surface area (Å²) in [6.07, 6.45) is 1.63. The Balaban J connectivity index is 1.49. The standard InChI is InChI=1S/C35H35ClN4O5S/c1-22(33(41)38-29-20-28(36)31(44-4)21-32(29)45-5)46-27-13-9-12-25(19-27)37-35(43)30(39-34(42)24-10-7-6-8-11-24)18-23-14-16-26(17-15-23)40(2)3/h6-22H,1-5H3,(H,37,43)(H,38,41)(H,39,42)/b30-18+. The van der Waals surface area contributed by atoms with E-state index in [9.17, 15) is 14.4 Å². The van der Waals surface area contributed by atoms with Crippen LogP contribution in [0.25, 0.3) is 6.08 Å². The van der Waals surface area contributed by atoms with E-state index in [1.807, 2.05) is 55.4 Å². The third-order valence-electron chi connectivity index (χ3n) is 6.76. The van der Waals surface area contributed by atoms with Crippen molar-refractivity contribution in [3.8, 4) is 11.5 Å². The van der Waals surface area contributed by atoms with Gasteiger partial charge in [0.25, 0.3) is 11.8 Å². The van der Waals surface area contributed by atoms with E-state index in [2.05, 4.69) is 16.0 Å². The highest BCUT2D eigenvalue weighted by Crippen LogP contribution is 2.36. The summed E-state index contributed by atoms with van der Waals surface area (Å²) in [6.45, 7) is 1.77. The fraction of sp³-hybridized carbons (Fsp3) is 0.171. The van der Waals surface area contributed by atoms with E-state index in [0.29, 0.717) is 33.5 Å². The quantitative estimate of drug-likeness (QED) is 0.112. The third-order valence-corrected chi connectivity index (χ3v) is 8.14. The Morgan fingerprint density at radius 2 is 1.54 bits per heavy atom. The Labute approximate surface area is 277 Å². The predicted octanol–water partition coefficient (Wildman–Crippen LogP) is 6.95. The largest absolute Gasteiger partial charge is 0.495 e. The van der Waals surface area contributed by atoms with Gasteiger partial charge in [0.1, 0.15) is 17.2 Å². The average Bonchev–Trinajstić information content (AvgIpc) is 3.05. The Hall–Kier alpha value is -4.93. The SMILES string of the molecule is COc1cc(OC)c(NC(=O)C(C)Sc2cccc(NC(=O)/C(=C\c3ccc(N(C)C)cc3)NC(=O)c3ccccc3)c2)cc1Cl. The highest BCUT2D eigenvalue weighted by atomic mass is 35.5. The van der Waals surface area contributed by atoms with Crippen LogP contribution < -0.4 is 30.3 Å². The molecule has 0 aliphatic carbocycles. The first-order valence-electron chi connectivity index (χ1n) is 14.2. The van der Waals surface area contributed by atoms with Crippen LogP contribution in [0, 0.1) is 0 Å². The van der Waals surface area contributed by atoms with E-state index in [1.54, 1.807) is 67.6 Å². The van der Waals surface area contributed by atoms with Crippen LogP contribution in [0.15, 0.2) is 102 Å². The van der Waals surface area contributed by atoms with Gasteiger partial charge in [-0.25, -0.2) is 0 Å². The molecule has 1 atom stereocenters. The molecule has 0 aliphatic heterocycles. The van der Waals surface area contributed by atoms with Gasteiger partial charge in [-0.3, -0.25) is 14.4 Å². The molecule has 0 radical (unpaired) electrons. The first-order chi connectivity index (χ1) is 22.1. The van der Waals surface area contributed by atoms with E-state index >= 15 is 0 Å². The van der Waals surface area contributed by atoms with Gasteiger partial charge in [0, 0.05) is 42.0 Å². The van der Waals surface area contributed by atoms with Crippen LogP contribution in [0.2, 0.25) is 5.02 Å². The van der Waals surface area contributed by atoms with Gasteiger partial charge < -0.3 is 30.3 Å². The minimum absolute atomic E-state index is 0.0735. The van der Waals surface area contributed by atoms with E-state index in [0.717, 1.165) is 16.1 Å². The number of nitrogens with one attached hydrogen (secondary N) is 3. The molecule has 0 bridgehead atoms. The Morgan fingerprint density at radius 1 is 0.848 bits per heavy atom. The normalized spacial score (nSPS) is 11.7. The molecule has 3 N–H and O–H groups in total. The number of ether oxygens (including phenoxy) is 2. The van der Waals surface area contributed by atoms with E-state index < -0.39 is 17.1 Å². The molecular weight excluding hydrogens is 624 g/mol. The van der Waals surface area contributed by atoms with E-state index in [1.165, 1.54) is 26.0 Å². The molecule has 0 spiro atoms. The Kier molecular flexibility index (Phi) is 11.7. The van der Waals surface area contributed by atoms with Gasteiger partial charge >= 0.3 is 0 Å². The second-order valence-corrected chi connectivity index (χ2v) is 12.1. The summed E-state index contributed by atoms with van der Waals surface area (Å²) in [4.78, 5) is 42.3. The monoisotopic (exact) mass is 658 g/mol. The van der Waals surface area contributed by atoms with Crippen molar-refractivity contribution in [2.75, 3.05) is 43.8 Å². The summed E-state index contributed by atoms with van der Waals surface area (Å²) < 4.78 is 10.6. The number of methoxy groups -OCH3 is 2. The molecule has 238 valence electrons. The summed E-state index contributed by atoms with van der Waals surface area (Å²) in [5.74, 6) is -0.345. The molecule has 0 aromatic heterocycles. The van der Waals surface area contributed by atoms with Crippen LogP contribution in [0.4, 0.5) is 17.1 Å². The number of anilines is 3. The second kappa shape index (κ2) is 15.9. The summed E-state index contributed by atoms with van der Waals surface area (Å²) in [5, 5.41) is 8.31. The number of hydrogen-bond donors (Lipinski definition) is 3. The lowest BCUT2D eigenvalue weighted by molar-refractivity contribution is -0.115. The van der Waals surface area contributed by atoms with Crippen molar-refractivity contribution < 1.29 is 23.9 Å². The molecule has 1 unspecified atom stereocenters. The Morgan fingerprint density at radius 3 is 2.20 bits per heavy atom. The minimum Gasteiger partial charge on any atom is -0.495 e. The zero-order valence-corrected chi connectivity index (χ0v) is 27.7. The van der Waals surface area contributed by atoms with Gasteiger partial charge in [0.15, 0.2) is 0 Å². The van der Waals surface area contributed by atoms with Crippen LogP contribution in [-0.4, -0.2) is 51.3 Å². The Bertz CT molecular complexity index is 1730. The topological polar surface area (TPSA) is 109 Å². The van der Waals surface area contributed by atoms with Crippen molar-refractivity contribution in [2.24, 2.45) is 0 Å². The number of halogens is 1. The first-order valence-corrected chi connectivity index (χ1v) is 15.5. The molecule has 11 heteroatoms. The van der Waals surface area contributed by atoms with Crippen LogP contribution in [0.1, 0.15) is 22.8 Å². The maximum atomic E-state index is 13.5. The number of carbonyl (C=O) groups is 3. The molecule has 0 saturated heterocycles. The molecule has 4 aromatic carbocycles. The molecule has 0 fully saturated rings. The molecule has 0 aliphatic rings. The molecule has 4 rings (SSSR count). The zero-order chi connectivity index (χ0) is 33.2. The lowest BCUT2D eigenvalue weighted by Gasteiger charge is -2.16. The lowest BCUT2D eigenvalue weighted by Crippen LogP contribution is -2.30. The number of rotatable bonds is 12. The van der Waals surface area contributed by atoms with Crippen LogP contribution in [0.5, 0.6) is 11.5 Å². The maximum absolute atomic E-state index is 13.5. The van der Waals surface area contributed by atoms with Crippen molar-refractivity contribution in [3.63, 3.8) is 0 Å². The molecule has 9 nitrogen and oxygen atoms in total. The fourth-order valence-corrected chi connectivity index (χ4v) is 5.44. The van der Waals surface area contributed by atoms with Gasteiger partial charge in [0.2, 0.25) is 5.91 Å². The van der Waals surface area contributed by atoms with Gasteiger partial charge in [-0.2, -0.15) is 0 Å². The summed E-state index contributed by atoms with van der Waals surface area (Å²) >= 11 is 7.56. The number of amides is 3. The number of thioether (sulfide) groups is 1. The van der Waals surface area contributed by atoms with Gasteiger partial charge in [0.05, 0.1) is 30.2 Å². The van der Waals surface area contributed by atoms with Crippen molar-refractivity contribution in [3.05, 3.63) is 113 Å². The molecule has 0 saturated carbocycles. The second-order valence-electron chi connectivity index (χ2n) is 10.3. The molecule has 46 heavy (non-hydrogen) atoms. The lowest BCUT2D eigenvalue weighted by atomic mass is 10.1. The number of carbonyl (C=O) groups excluding carboxylic acids is 3. The van der Waals surface area contributed by atoms with Crippen molar-refractivity contribution >= 4 is 64.2 Å². The summed E-state index contributed by atoms with van der Waals surface area (Å²) in [6, 6.07) is 26.6. The first kappa shape index (κ1) is 34.0. The van der Waals surface area contributed by atoms with Gasteiger partial charge in [-0.15, -0.1) is 11.8 Å².